The van der Waals surface area contributed by atoms with Gasteiger partial charge in [-0.3, -0.25) is 9.69 Å². The zero-order valence-electron chi connectivity index (χ0n) is 12.0. The van der Waals surface area contributed by atoms with Crippen molar-refractivity contribution in [3.8, 4) is 0 Å². The first-order valence-corrected chi connectivity index (χ1v) is 7.24. The number of benzene rings is 1. The Balaban J connectivity index is 1.80. The fourth-order valence-corrected chi connectivity index (χ4v) is 2.62. The molecule has 0 atom stereocenters. The Bertz CT molecular complexity index is 405. The zero-order chi connectivity index (χ0) is 13.7. The average molecular weight is 260 g/mol. The van der Waals surface area contributed by atoms with Crippen LogP contribution < -0.4 is 5.32 Å². The lowest BCUT2D eigenvalue weighted by atomic mass is 9.95. The third-order valence-electron chi connectivity index (χ3n) is 3.84. The van der Waals surface area contributed by atoms with Crippen molar-refractivity contribution < 1.29 is 4.79 Å². The molecular weight excluding hydrogens is 236 g/mol. The van der Waals surface area contributed by atoms with Gasteiger partial charge >= 0.3 is 0 Å². The Hall–Kier alpha value is -1.35. The molecule has 0 unspecified atom stereocenters. The summed E-state index contributed by atoms with van der Waals surface area (Å²) in [4.78, 5) is 14.2. The summed E-state index contributed by atoms with van der Waals surface area (Å²) in [6.07, 6.45) is 1.97. The molecule has 1 heterocycles. The van der Waals surface area contributed by atoms with Crippen molar-refractivity contribution in [3.05, 3.63) is 35.4 Å². The summed E-state index contributed by atoms with van der Waals surface area (Å²) in [5.74, 6) is 0.451. The minimum Gasteiger partial charge on any atom is -0.356 e. The van der Waals surface area contributed by atoms with Crippen molar-refractivity contribution in [2.24, 2.45) is 5.92 Å². The molecule has 0 radical (unpaired) electrons. The molecule has 1 aromatic carbocycles. The summed E-state index contributed by atoms with van der Waals surface area (Å²) in [5, 5.41) is 2.93. The minimum atomic E-state index is 0.217. The average Bonchev–Trinajstić information content (AvgIpc) is 2.42. The van der Waals surface area contributed by atoms with Gasteiger partial charge in [0.05, 0.1) is 0 Å². The summed E-state index contributed by atoms with van der Waals surface area (Å²) >= 11 is 0. The van der Waals surface area contributed by atoms with Crippen LogP contribution in [0.2, 0.25) is 0 Å². The fraction of sp³-hybridized carbons (Fsp3) is 0.562. The monoisotopic (exact) mass is 260 g/mol. The van der Waals surface area contributed by atoms with Crippen LogP contribution in [0.4, 0.5) is 0 Å². The van der Waals surface area contributed by atoms with Crippen LogP contribution in [0.5, 0.6) is 0 Å². The second-order valence-electron chi connectivity index (χ2n) is 5.43. The SMILES string of the molecule is CCNC(=O)C1CCN(Cc2ccc(C)cc2)CC1. The van der Waals surface area contributed by atoms with Crippen molar-refractivity contribution in [1.29, 1.82) is 0 Å². The Morgan fingerprint density at radius 1 is 1.26 bits per heavy atom. The highest BCUT2D eigenvalue weighted by Gasteiger charge is 2.24. The van der Waals surface area contributed by atoms with Crippen LogP contribution in [-0.2, 0) is 11.3 Å². The largest absolute Gasteiger partial charge is 0.356 e. The van der Waals surface area contributed by atoms with E-state index in [1.807, 2.05) is 6.92 Å². The van der Waals surface area contributed by atoms with E-state index in [0.717, 1.165) is 39.0 Å². The number of aryl methyl sites for hydroxylation is 1. The first-order valence-electron chi connectivity index (χ1n) is 7.24. The number of piperidine rings is 1. The van der Waals surface area contributed by atoms with Crippen LogP contribution >= 0.6 is 0 Å². The lowest BCUT2D eigenvalue weighted by molar-refractivity contribution is -0.126. The highest BCUT2D eigenvalue weighted by Crippen LogP contribution is 2.19. The number of nitrogens with zero attached hydrogens (tertiary/aromatic N) is 1. The van der Waals surface area contributed by atoms with E-state index in [4.69, 9.17) is 0 Å². The molecule has 104 valence electrons. The van der Waals surface area contributed by atoms with E-state index in [0.29, 0.717) is 0 Å². The molecule has 2 rings (SSSR count). The van der Waals surface area contributed by atoms with Crippen LogP contribution in [0.3, 0.4) is 0 Å². The van der Waals surface area contributed by atoms with Gasteiger partial charge in [-0.05, 0) is 45.3 Å². The second kappa shape index (κ2) is 6.71. The van der Waals surface area contributed by atoms with Crippen molar-refractivity contribution in [2.75, 3.05) is 19.6 Å². The van der Waals surface area contributed by atoms with Gasteiger partial charge in [0.15, 0.2) is 0 Å². The molecule has 1 aliphatic heterocycles. The van der Waals surface area contributed by atoms with Gasteiger partial charge in [-0.15, -0.1) is 0 Å². The zero-order valence-corrected chi connectivity index (χ0v) is 12.0. The quantitative estimate of drug-likeness (QED) is 0.901. The van der Waals surface area contributed by atoms with E-state index in [2.05, 4.69) is 41.4 Å². The lowest BCUT2D eigenvalue weighted by Gasteiger charge is -2.31. The topological polar surface area (TPSA) is 32.3 Å². The maximum atomic E-state index is 11.8. The number of nitrogens with one attached hydrogen (secondary N) is 1. The highest BCUT2D eigenvalue weighted by atomic mass is 16.1. The van der Waals surface area contributed by atoms with Gasteiger partial charge in [0, 0.05) is 19.0 Å². The number of hydrogen-bond acceptors (Lipinski definition) is 2. The van der Waals surface area contributed by atoms with Gasteiger partial charge in [-0.1, -0.05) is 29.8 Å². The Kier molecular flexibility index (Phi) is 4.97. The van der Waals surface area contributed by atoms with E-state index in [-0.39, 0.29) is 11.8 Å². The number of hydrogen-bond donors (Lipinski definition) is 1. The molecule has 1 fully saturated rings. The van der Waals surface area contributed by atoms with Crippen LogP contribution in [-0.4, -0.2) is 30.4 Å². The van der Waals surface area contributed by atoms with Crippen LogP contribution in [0.25, 0.3) is 0 Å². The molecule has 1 aliphatic rings. The van der Waals surface area contributed by atoms with Crippen molar-refractivity contribution in [2.45, 2.75) is 33.2 Å². The Labute approximate surface area is 116 Å². The van der Waals surface area contributed by atoms with E-state index in [9.17, 15) is 4.79 Å². The number of carbonyl (C=O) groups is 1. The van der Waals surface area contributed by atoms with Crippen LogP contribution in [0.15, 0.2) is 24.3 Å². The van der Waals surface area contributed by atoms with Crippen molar-refractivity contribution >= 4 is 5.91 Å². The van der Waals surface area contributed by atoms with Gasteiger partial charge < -0.3 is 5.32 Å². The van der Waals surface area contributed by atoms with Crippen LogP contribution in [0, 0.1) is 12.8 Å². The molecule has 0 spiro atoms. The normalized spacial score (nSPS) is 17.4. The summed E-state index contributed by atoms with van der Waals surface area (Å²) in [5.41, 5.74) is 2.67. The van der Waals surface area contributed by atoms with E-state index in [1.54, 1.807) is 0 Å². The standard InChI is InChI=1S/C16H24N2O/c1-3-17-16(19)15-8-10-18(11-9-15)12-14-6-4-13(2)5-7-14/h4-7,15H,3,8-12H2,1-2H3,(H,17,19). The summed E-state index contributed by atoms with van der Waals surface area (Å²) in [7, 11) is 0. The van der Waals surface area contributed by atoms with Crippen molar-refractivity contribution in [1.82, 2.24) is 10.2 Å². The summed E-state index contributed by atoms with van der Waals surface area (Å²) in [6, 6.07) is 8.73. The van der Waals surface area contributed by atoms with Gasteiger partial charge in [-0.25, -0.2) is 0 Å². The molecule has 0 aromatic heterocycles. The first kappa shape index (κ1) is 14.1. The molecule has 1 amide bonds. The van der Waals surface area contributed by atoms with E-state index >= 15 is 0 Å². The molecule has 3 nitrogen and oxygen atoms in total. The predicted octanol–water partition coefficient (Wildman–Crippen LogP) is 2.34. The molecule has 3 heteroatoms. The molecule has 1 aromatic rings. The highest BCUT2D eigenvalue weighted by molar-refractivity contribution is 5.78. The van der Waals surface area contributed by atoms with E-state index < -0.39 is 0 Å². The van der Waals surface area contributed by atoms with Gasteiger partial charge in [0.2, 0.25) is 5.91 Å². The Morgan fingerprint density at radius 2 is 1.89 bits per heavy atom. The van der Waals surface area contributed by atoms with E-state index in [1.165, 1.54) is 11.1 Å². The first-order chi connectivity index (χ1) is 9.19. The van der Waals surface area contributed by atoms with Crippen LogP contribution in [0.1, 0.15) is 30.9 Å². The predicted molar refractivity (Wildman–Crippen MR) is 77.9 cm³/mol. The second-order valence-corrected chi connectivity index (χ2v) is 5.43. The number of rotatable bonds is 4. The van der Waals surface area contributed by atoms with Gasteiger partial charge in [0.1, 0.15) is 0 Å². The van der Waals surface area contributed by atoms with Gasteiger partial charge in [0.25, 0.3) is 0 Å². The molecule has 19 heavy (non-hydrogen) atoms. The molecule has 0 bridgehead atoms. The third kappa shape index (κ3) is 4.06. The number of amides is 1. The molecular formula is C16H24N2O. The maximum Gasteiger partial charge on any atom is 0.223 e. The smallest absolute Gasteiger partial charge is 0.223 e. The molecule has 1 N–H and O–H groups in total. The maximum absolute atomic E-state index is 11.8. The summed E-state index contributed by atoms with van der Waals surface area (Å²) < 4.78 is 0. The van der Waals surface area contributed by atoms with Gasteiger partial charge in [-0.2, -0.15) is 0 Å². The molecule has 0 saturated carbocycles. The Morgan fingerprint density at radius 3 is 2.47 bits per heavy atom. The number of likely N-dealkylation sites (tertiary alicyclic amines) is 1. The third-order valence-corrected chi connectivity index (χ3v) is 3.84. The minimum absolute atomic E-state index is 0.217. The summed E-state index contributed by atoms with van der Waals surface area (Å²) in [6.45, 7) is 7.88. The molecule has 1 saturated heterocycles. The molecule has 0 aliphatic carbocycles. The fourth-order valence-electron chi connectivity index (χ4n) is 2.62. The lowest BCUT2D eigenvalue weighted by Crippen LogP contribution is -2.40. The number of carbonyl (C=O) groups excluding carboxylic acids is 1. The van der Waals surface area contributed by atoms with Crippen molar-refractivity contribution in [3.63, 3.8) is 0 Å².